The fourth-order valence-corrected chi connectivity index (χ4v) is 2.50. The van der Waals surface area contributed by atoms with Crippen molar-refractivity contribution >= 4 is 22.6 Å². The Bertz CT molecular complexity index is 488. The number of benzene rings is 1. The Morgan fingerprint density at radius 1 is 1.33 bits per heavy atom. The molecule has 98 valence electrons. The summed E-state index contributed by atoms with van der Waals surface area (Å²) < 4.78 is 6.00. The summed E-state index contributed by atoms with van der Waals surface area (Å²) in [6, 6.07) is 6.29. The molecule has 2 aromatic rings. The Morgan fingerprint density at radius 2 is 2.11 bits per heavy atom. The quantitative estimate of drug-likeness (QED) is 0.836. The number of furan rings is 1. The molecule has 2 nitrogen and oxygen atoms in total. The molecule has 1 aromatic heterocycles. The molecule has 1 unspecified atom stereocenters. The summed E-state index contributed by atoms with van der Waals surface area (Å²) in [6.07, 6.45) is 2.20. The monoisotopic (exact) mass is 265 g/mol. The van der Waals surface area contributed by atoms with E-state index in [0.29, 0.717) is 0 Å². The van der Waals surface area contributed by atoms with Gasteiger partial charge in [-0.25, -0.2) is 0 Å². The van der Waals surface area contributed by atoms with Crippen LogP contribution in [0, 0.1) is 6.92 Å². The van der Waals surface area contributed by atoms with E-state index >= 15 is 0 Å². The first-order chi connectivity index (χ1) is 8.67. The van der Waals surface area contributed by atoms with Gasteiger partial charge in [0.15, 0.2) is 0 Å². The number of aryl methyl sites for hydroxylation is 1. The van der Waals surface area contributed by atoms with Gasteiger partial charge in [0.2, 0.25) is 0 Å². The van der Waals surface area contributed by atoms with Crippen molar-refractivity contribution < 1.29 is 4.42 Å². The van der Waals surface area contributed by atoms with Gasteiger partial charge in [0.1, 0.15) is 11.3 Å². The maximum absolute atomic E-state index is 6.22. The topological polar surface area (TPSA) is 25.2 Å². The molecule has 1 atom stereocenters. The molecule has 1 N–H and O–H groups in total. The third-order valence-corrected chi connectivity index (χ3v) is 3.55. The van der Waals surface area contributed by atoms with Gasteiger partial charge in [-0.2, -0.15) is 0 Å². The lowest BCUT2D eigenvalue weighted by molar-refractivity contribution is 0.414. The number of rotatable bonds is 5. The molecule has 0 spiro atoms. The lowest BCUT2D eigenvalue weighted by Gasteiger charge is -2.13. The summed E-state index contributed by atoms with van der Waals surface area (Å²) in [5.41, 5.74) is 2.05. The Hall–Kier alpha value is -0.990. The fourth-order valence-electron chi connectivity index (χ4n) is 2.30. The molecule has 2 rings (SSSR count). The standard InChI is InChI=1S/C15H20ClNO/c1-4-6-13(17-5-2)14-9-11-12(16)8-7-10(3)15(11)18-14/h7-9,13,17H,4-6H2,1-3H3. The number of fused-ring (bicyclic) bond motifs is 1. The maximum Gasteiger partial charge on any atom is 0.138 e. The average molecular weight is 266 g/mol. The van der Waals surface area contributed by atoms with Gasteiger partial charge in [0.05, 0.1) is 11.1 Å². The SMILES string of the molecule is CCCC(NCC)c1cc2c(Cl)ccc(C)c2o1. The van der Waals surface area contributed by atoms with Crippen molar-refractivity contribution in [2.45, 2.75) is 39.7 Å². The Morgan fingerprint density at radius 3 is 2.72 bits per heavy atom. The van der Waals surface area contributed by atoms with Crippen LogP contribution in [0.5, 0.6) is 0 Å². The first-order valence-corrected chi connectivity index (χ1v) is 6.97. The van der Waals surface area contributed by atoms with Crippen molar-refractivity contribution in [1.82, 2.24) is 5.32 Å². The van der Waals surface area contributed by atoms with Gasteiger partial charge in [0.25, 0.3) is 0 Å². The van der Waals surface area contributed by atoms with Crippen molar-refractivity contribution in [3.63, 3.8) is 0 Å². The summed E-state index contributed by atoms with van der Waals surface area (Å²) in [5, 5.41) is 5.24. The highest BCUT2D eigenvalue weighted by molar-refractivity contribution is 6.35. The zero-order chi connectivity index (χ0) is 13.1. The van der Waals surface area contributed by atoms with E-state index in [1.54, 1.807) is 0 Å². The molecule has 3 heteroatoms. The van der Waals surface area contributed by atoms with Crippen molar-refractivity contribution in [3.8, 4) is 0 Å². The normalized spacial score (nSPS) is 13.1. The molecule has 0 aliphatic carbocycles. The molecule has 18 heavy (non-hydrogen) atoms. The van der Waals surface area contributed by atoms with E-state index < -0.39 is 0 Å². The molecular weight excluding hydrogens is 246 g/mol. The lowest BCUT2D eigenvalue weighted by Crippen LogP contribution is -2.20. The van der Waals surface area contributed by atoms with Gasteiger partial charge < -0.3 is 9.73 Å². The summed E-state index contributed by atoms with van der Waals surface area (Å²) in [6.45, 7) is 7.29. The predicted octanol–water partition coefficient (Wildman–Crippen LogP) is 4.85. The summed E-state index contributed by atoms with van der Waals surface area (Å²) in [4.78, 5) is 0. The van der Waals surface area contributed by atoms with Crippen LogP contribution in [0.4, 0.5) is 0 Å². The van der Waals surface area contributed by atoms with E-state index in [1.165, 1.54) is 0 Å². The molecule has 0 amide bonds. The van der Waals surface area contributed by atoms with Crippen molar-refractivity contribution in [2.24, 2.45) is 0 Å². The zero-order valence-electron chi connectivity index (χ0n) is 11.2. The highest BCUT2D eigenvalue weighted by Gasteiger charge is 2.16. The number of hydrogen-bond acceptors (Lipinski definition) is 2. The molecule has 1 heterocycles. The number of nitrogens with one attached hydrogen (secondary N) is 1. The van der Waals surface area contributed by atoms with Crippen LogP contribution in [0.2, 0.25) is 5.02 Å². The molecule has 0 bridgehead atoms. The van der Waals surface area contributed by atoms with E-state index in [-0.39, 0.29) is 6.04 Å². The molecular formula is C15H20ClNO. The minimum Gasteiger partial charge on any atom is -0.459 e. The second-order valence-corrected chi connectivity index (χ2v) is 5.06. The Labute approximate surface area is 113 Å². The molecule has 0 saturated heterocycles. The van der Waals surface area contributed by atoms with Gasteiger partial charge in [-0.1, -0.05) is 37.9 Å². The Balaban J connectivity index is 2.44. The second-order valence-electron chi connectivity index (χ2n) is 4.65. The third-order valence-electron chi connectivity index (χ3n) is 3.22. The molecule has 0 fully saturated rings. The van der Waals surface area contributed by atoms with Gasteiger partial charge in [-0.05, 0) is 37.6 Å². The van der Waals surface area contributed by atoms with E-state index in [0.717, 1.165) is 46.7 Å². The first-order valence-electron chi connectivity index (χ1n) is 6.59. The van der Waals surface area contributed by atoms with E-state index in [1.807, 2.05) is 19.1 Å². The van der Waals surface area contributed by atoms with Crippen LogP contribution in [0.3, 0.4) is 0 Å². The highest BCUT2D eigenvalue weighted by Crippen LogP contribution is 2.32. The third kappa shape index (κ3) is 2.55. The van der Waals surface area contributed by atoms with Crippen LogP contribution in [0.15, 0.2) is 22.6 Å². The molecule has 0 radical (unpaired) electrons. The number of hydrogen-bond donors (Lipinski definition) is 1. The molecule has 1 aromatic carbocycles. The van der Waals surface area contributed by atoms with Gasteiger partial charge in [-0.3, -0.25) is 0 Å². The van der Waals surface area contributed by atoms with E-state index in [4.69, 9.17) is 16.0 Å². The lowest BCUT2D eigenvalue weighted by atomic mass is 10.1. The van der Waals surface area contributed by atoms with Crippen molar-refractivity contribution in [2.75, 3.05) is 6.54 Å². The predicted molar refractivity (Wildman–Crippen MR) is 77.3 cm³/mol. The highest BCUT2D eigenvalue weighted by atomic mass is 35.5. The number of halogens is 1. The smallest absolute Gasteiger partial charge is 0.138 e. The average Bonchev–Trinajstić information content (AvgIpc) is 2.80. The van der Waals surface area contributed by atoms with Crippen LogP contribution in [-0.2, 0) is 0 Å². The van der Waals surface area contributed by atoms with E-state index in [2.05, 4.69) is 25.2 Å². The summed E-state index contributed by atoms with van der Waals surface area (Å²) >= 11 is 6.22. The van der Waals surface area contributed by atoms with Gasteiger partial charge in [0, 0.05) is 5.39 Å². The van der Waals surface area contributed by atoms with Crippen LogP contribution in [0.1, 0.15) is 44.1 Å². The zero-order valence-corrected chi connectivity index (χ0v) is 12.0. The van der Waals surface area contributed by atoms with Crippen LogP contribution < -0.4 is 5.32 Å². The maximum atomic E-state index is 6.22. The van der Waals surface area contributed by atoms with Gasteiger partial charge in [-0.15, -0.1) is 0 Å². The van der Waals surface area contributed by atoms with Crippen molar-refractivity contribution in [3.05, 3.63) is 34.5 Å². The van der Waals surface area contributed by atoms with Gasteiger partial charge >= 0.3 is 0 Å². The van der Waals surface area contributed by atoms with Crippen LogP contribution in [-0.4, -0.2) is 6.54 Å². The second kappa shape index (κ2) is 5.77. The minimum atomic E-state index is 0.280. The van der Waals surface area contributed by atoms with Crippen LogP contribution in [0.25, 0.3) is 11.0 Å². The Kier molecular flexibility index (Phi) is 4.31. The largest absolute Gasteiger partial charge is 0.459 e. The fraction of sp³-hybridized carbons (Fsp3) is 0.467. The first kappa shape index (κ1) is 13.4. The van der Waals surface area contributed by atoms with Crippen LogP contribution >= 0.6 is 11.6 Å². The van der Waals surface area contributed by atoms with Crippen molar-refractivity contribution in [1.29, 1.82) is 0 Å². The molecule has 0 saturated carbocycles. The summed E-state index contributed by atoms with van der Waals surface area (Å²) in [5.74, 6) is 0.991. The van der Waals surface area contributed by atoms with E-state index in [9.17, 15) is 0 Å². The molecule has 0 aliphatic heterocycles. The molecule has 0 aliphatic rings. The minimum absolute atomic E-state index is 0.280. The summed E-state index contributed by atoms with van der Waals surface area (Å²) in [7, 11) is 0.